The van der Waals surface area contributed by atoms with Crippen LogP contribution in [0, 0.1) is 0 Å². The number of rotatable bonds is 36. The Morgan fingerprint density at radius 1 is 0.596 bits per heavy atom. The Morgan fingerprint density at radius 3 is 1.63 bits per heavy atom. The minimum absolute atomic E-state index is 0.0504. The maximum atomic E-state index is 12.7. The van der Waals surface area contributed by atoms with Crippen molar-refractivity contribution in [3.05, 3.63) is 48.6 Å². The maximum absolute atomic E-state index is 12.7. The highest BCUT2D eigenvalue weighted by Gasteiger charge is 2.31. The summed E-state index contributed by atoms with van der Waals surface area (Å²) in [5.41, 5.74) is 0. The van der Waals surface area contributed by atoms with Crippen LogP contribution in [0.1, 0.15) is 162 Å². The first-order valence-corrected chi connectivity index (χ1v) is 20.7. The highest BCUT2D eigenvalue weighted by molar-refractivity contribution is 5.72. The van der Waals surface area contributed by atoms with Gasteiger partial charge < -0.3 is 23.8 Å². The Balaban J connectivity index is 4.41. The molecule has 300 valence electrons. The molecule has 0 aliphatic carbocycles. The number of hydrogen-bond donors (Lipinski definition) is 1. The molecule has 2 unspecified atom stereocenters. The number of carbonyl (C=O) groups excluding carboxylic acids is 2. The molecule has 0 aromatic carbocycles. The number of likely N-dealkylation sites (N-methyl/N-ethyl adjacent to an activating group) is 1. The normalized spacial score (nSPS) is 13.5. The van der Waals surface area contributed by atoms with Crippen LogP contribution in [-0.4, -0.2) is 80.6 Å². The van der Waals surface area contributed by atoms with Crippen molar-refractivity contribution in [2.75, 3.05) is 41.0 Å². The van der Waals surface area contributed by atoms with E-state index in [-0.39, 0.29) is 36.2 Å². The maximum Gasteiger partial charge on any atom is 0.362 e. The Morgan fingerprint density at radius 2 is 1.10 bits per heavy atom. The summed E-state index contributed by atoms with van der Waals surface area (Å²) >= 11 is 0. The fourth-order valence-corrected chi connectivity index (χ4v) is 5.79. The van der Waals surface area contributed by atoms with Crippen LogP contribution in [0.4, 0.5) is 0 Å². The Hall–Kier alpha value is -2.71. The molecule has 0 bridgehead atoms. The summed E-state index contributed by atoms with van der Waals surface area (Å²) in [6.45, 7) is 4.55. The Kier molecular flexibility index (Phi) is 33.5. The molecule has 0 fully saturated rings. The number of quaternary nitrogens is 1. The van der Waals surface area contributed by atoms with E-state index in [2.05, 4.69) is 56.4 Å². The standard InChI is InChI=1S/C44H77NO7/c1-6-8-10-12-14-16-18-20-21-23-24-26-28-30-32-34-42(46)51-39-40(38-50-37-36-41(44(48)49)45(3,4)5)52-43(47)35-33-31-29-27-25-22-19-17-15-13-11-9-7-2/h9,11,13,15-19,40-41H,6-8,10,12,14,20-39H2,1-5H3/p+1/b11-9+,15-13+,18-16+,19-17+. The first kappa shape index (κ1) is 49.3. The minimum atomic E-state index is -0.881. The van der Waals surface area contributed by atoms with Crippen LogP contribution in [-0.2, 0) is 28.6 Å². The number of carboxylic acid groups (broad SMARTS) is 1. The number of hydrogen-bond acceptors (Lipinski definition) is 6. The third kappa shape index (κ3) is 33.1. The number of aliphatic carboxylic acids is 1. The summed E-state index contributed by atoms with van der Waals surface area (Å²) in [6.07, 6.45) is 40.1. The van der Waals surface area contributed by atoms with Crippen LogP contribution in [0.2, 0.25) is 0 Å². The fraction of sp³-hybridized carbons (Fsp3) is 0.750. The molecule has 0 aromatic heterocycles. The summed E-state index contributed by atoms with van der Waals surface area (Å²) in [4.78, 5) is 36.9. The van der Waals surface area contributed by atoms with Gasteiger partial charge in [-0.05, 0) is 57.8 Å². The highest BCUT2D eigenvalue weighted by Crippen LogP contribution is 2.13. The van der Waals surface area contributed by atoms with Gasteiger partial charge in [0.05, 0.1) is 34.4 Å². The summed E-state index contributed by atoms with van der Waals surface area (Å²) in [7, 11) is 5.51. The van der Waals surface area contributed by atoms with Crippen molar-refractivity contribution >= 4 is 17.9 Å². The van der Waals surface area contributed by atoms with Gasteiger partial charge in [0.25, 0.3) is 0 Å². The zero-order valence-corrected chi connectivity index (χ0v) is 34.0. The lowest BCUT2D eigenvalue weighted by Gasteiger charge is -2.31. The zero-order valence-electron chi connectivity index (χ0n) is 34.0. The second kappa shape index (κ2) is 35.3. The number of carboxylic acids is 1. The molecular formula is C44H78NO7+. The van der Waals surface area contributed by atoms with Crippen molar-refractivity contribution in [3.63, 3.8) is 0 Å². The third-order valence-corrected chi connectivity index (χ3v) is 9.02. The number of unbranched alkanes of at least 4 members (excludes halogenated alkanes) is 16. The fourth-order valence-electron chi connectivity index (χ4n) is 5.79. The van der Waals surface area contributed by atoms with Crippen molar-refractivity contribution in [2.45, 2.75) is 174 Å². The molecule has 0 saturated carbocycles. The van der Waals surface area contributed by atoms with Crippen molar-refractivity contribution in [3.8, 4) is 0 Å². The first-order valence-electron chi connectivity index (χ1n) is 20.7. The zero-order chi connectivity index (χ0) is 38.5. The molecule has 8 nitrogen and oxygen atoms in total. The van der Waals surface area contributed by atoms with Gasteiger partial charge in [-0.1, -0.05) is 133 Å². The predicted octanol–water partition coefficient (Wildman–Crippen LogP) is 10.9. The summed E-state index contributed by atoms with van der Waals surface area (Å²) in [5, 5.41) is 9.60. The van der Waals surface area contributed by atoms with E-state index in [1.165, 1.54) is 64.2 Å². The van der Waals surface area contributed by atoms with Crippen molar-refractivity contribution in [1.82, 2.24) is 0 Å². The summed E-state index contributed by atoms with van der Waals surface area (Å²) < 4.78 is 17.2. The summed E-state index contributed by atoms with van der Waals surface area (Å²) in [6, 6.07) is -0.619. The van der Waals surface area contributed by atoms with Gasteiger partial charge in [-0.15, -0.1) is 0 Å². The lowest BCUT2D eigenvalue weighted by Crippen LogP contribution is -2.50. The Bertz CT molecular complexity index is 995. The molecule has 0 amide bonds. The molecule has 0 saturated heterocycles. The van der Waals surface area contributed by atoms with Gasteiger partial charge in [0.1, 0.15) is 6.61 Å². The molecule has 52 heavy (non-hydrogen) atoms. The van der Waals surface area contributed by atoms with E-state index in [0.717, 1.165) is 64.2 Å². The number of carbonyl (C=O) groups is 3. The second-order valence-electron chi connectivity index (χ2n) is 14.9. The monoisotopic (exact) mass is 733 g/mol. The lowest BCUT2D eigenvalue weighted by atomic mass is 10.1. The van der Waals surface area contributed by atoms with Crippen LogP contribution < -0.4 is 0 Å². The van der Waals surface area contributed by atoms with Gasteiger partial charge in [-0.2, -0.15) is 0 Å². The minimum Gasteiger partial charge on any atom is -0.477 e. The van der Waals surface area contributed by atoms with Gasteiger partial charge in [-0.3, -0.25) is 9.59 Å². The van der Waals surface area contributed by atoms with E-state index in [0.29, 0.717) is 19.3 Å². The molecule has 0 rings (SSSR count). The number of allylic oxidation sites excluding steroid dienone is 8. The van der Waals surface area contributed by atoms with Crippen LogP contribution in [0.25, 0.3) is 0 Å². The van der Waals surface area contributed by atoms with Crippen LogP contribution >= 0.6 is 0 Å². The van der Waals surface area contributed by atoms with Gasteiger partial charge >= 0.3 is 17.9 Å². The van der Waals surface area contributed by atoms with E-state index >= 15 is 0 Å². The van der Waals surface area contributed by atoms with E-state index in [9.17, 15) is 19.5 Å². The molecule has 0 spiro atoms. The molecule has 2 atom stereocenters. The number of esters is 2. The summed E-state index contributed by atoms with van der Waals surface area (Å²) in [5.74, 6) is -1.50. The van der Waals surface area contributed by atoms with E-state index < -0.39 is 18.1 Å². The predicted molar refractivity (Wildman–Crippen MR) is 215 cm³/mol. The average Bonchev–Trinajstić information content (AvgIpc) is 3.09. The van der Waals surface area contributed by atoms with Crippen molar-refractivity contribution in [1.29, 1.82) is 0 Å². The SMILES string of the molecule is CC/C=C/C=C/C=C/CCCCCCCC(=O)OC(COCCC(C(=O)O)[N+](C)(C)C)COC(=O)CCCCCCCCC/C=C/CCCCCC. The van der Waals surface area contributed by atoms with Gasteiger partial charge in [0.15, 0.2) is 12.1 Å². The lowest BCUT2D eigenvalue weighted by molar-refractivity contribution is -0.887. The number of ether oxygens (including phenoxy) is 3. The smallest absolute Gasteiger partial charge is 0.362 e. The molecule has 8 heteroatoms. The molecule has 1 N–H and O–H groups in total. The van der Waals surface area contributed by atoms with Crippen molar-refractivity contribution < 1.29 is 38.2 Å². The Labute approximate surface area is 318 Å². The molecule has 0 aromatic rings. The van der Waals surface area contributed by atoms with E-state index in [1.807, 2.05) is 27.2 Å². The number of nitrogens with zero attached hydrogens (tertiary/aromatic N) is 1. The second-order valence-corrected chi connectivity index (χ2v) is 14.9. The first-order chi connectivity index (χ1) is 25.1. The third-order valence-electron chi connectivity index (χ3n) is 9.02. The van der Waals surface area contributed by atoms with Gasteiger partial charge in [0, 0.05) is 19.3 Å². The van der Waals surface area contributed by atoms with Gasteiger partial charge in [-0.25, -0.2) is 4.79 Å². The van der Waals surface area contributed by atoms with Crippen LogP contribution in [0.5, 0.6) is 0 Å². The van der Waals surface area contributed by atoms with E-state index in [1.54, 1.807) is 0 Å². The van der Waals surface area contributed by atoms with Crippen LogP contribution in [0.15, 0.2) is 48.6 Å². The van der Waals surface area contributed by atoms with Crippen molar-refractivity contribution in [2.24, 2.45) is 0 Å². The van der Waals surface area contributed by atoms with Crippen LogP contribution in [0.3, 0.4) is 0 Å². The largest absolute Gasteiger partial charge is 0.477 e. The average molecular weight is 733 g/mol. The highest BCUT2D eigenvalue weighted by atomic mass is 16.6. The molecule has 0 radical (unpaired) electrons. The quantitative estimate of drug-likeness (QED) is 0.0225. The van der Waals surface area contributed by atoms with E-state index in [4.69, 9.17) is 14.2 Å². The van der Waals surface area contributed by atoms with Gasteiger partial charge in [0.2, 0.25) is 0 Å². The topological polar surface area (TPSA) is 99.1 Å². The molecular weight excluding hydrogens is 654 g/mol. The molecule has 0 aliphatic heterocycles. The molecule has 0 heterocycles. The molecule has 0 aliphatic rings.